The molecule has 0 aromatic carbocycles. The van der Waals surface area contributed by atoms with Crippen LogP contribution in [0.25, 0.3) is 0 Å². The molecule has 2 rings (SSSR count). The molecule has 0 aliphatic rings. The molecule has 102 valence electrons. The molecule has 2 N–H and O–H groups in total. The van der Waals surface area contributed by atoms with Gasteiger partial charge in [-0.2, -0.15) is 5.26 Å². The first-order valence-electron chi connectivity index (χ1n) is 5.51. The maximum absolute atomic E-state index is 12.4. The number of hydrogen-bond donors (Lipinski definition) is 1. The SMILES string of the molecule is CN(c1ccncc1N)S(=O)(=O)c1ccc(C#N)nc1. The Hall–Kier alpha value is -2.66. The van der Waals surface area contributed by atoms with Gasteiger partial charge in [-0.3, -0.25) is 9.29 Å². The Morgan fingerprint density at radius 2 is 2.05 bits per heavy atom. The van der Waals surface area contributed by atoms with Crippen LogP contribution < -0.4 is 10.0 Å². The zero-order valence-electron chi connectivity index (χ0n) is 10.6. The van der Waals surface area contributed by atoms with Gasteiger partial charge >= 0.3 is 0 Å². The lowest BCUT2D eigenvalue weighted by atomic mass is 10.3. The van der Waals surface area contributed by atoms with Gasteiger partial charge in [0.15, 0.2) is 0 Å². The van der Waals surface area contributed by atoms with Gasteiger partial charge < -0.3 is 5.73 Å². The third-order valence-electron chi connectivity index (χ3n) is 2.68. The van der Waals surface area contributed by atoms with E-state index in [0.717, 1.165) is 10.5 Å². The van der Waals surface area contributed by atoms with E-state index in [4.69, 9.17) is 11.0 Å². The highest BCUT2D eigenvalue weighted by Gasteiger charge is 2.23. The fourth-order valence-corrected chi connectivity index (χ4v) is 2.74. The van der Waals surface area contributed by atoms with Gasteiger partial charge in [0.25, 0.3) is 10.0 Å². The number of pyridine rings is 2. The van der Waals surface area contributed by atoms with E-state index in [-0.39, 0.29) is 16.3 Å². The lowest BCUT2D eigenvalue weighted by molar-refractivity contribution is 0.594. The Kier molecular flexibility index (Phi) is 3.54. The molecule has 20 heavy (non-hydrogen) atoms. The Bertz CT molecular complexity index is 765. The average Bonchev–Trinajstić information content (AvgIpc) is 2.47. The molecule has 2 aromatic heterocycles. The van der Waals surface area contributed by atoms with Crippen LogP contribution in [0.5, 0.6) is 0 Å². The second-order valence-corrected chi connectivity index (χ2v) is 5.87. The highest BCUT2D eigenvalue weighted by Crippen LogP contribution is 2.25. The average molecular weight is 289 g/mol. The van der Waals surface area contributed by atoms with Crippen LogP contribution in [-0.2, 0) is 10.0 Å². The smallest absolute Gasteiger partial charge is 0.265 e. The first-order chi connectivity index (χ1) is 9.46. The normalized spacial score (nSPS) is 10.8. The number of hydrogen-bond acceptors (Lipinski definition) is 6. The van der Waals surface area contributed by atoms with Gasteiger partial charge in [0.1, 0.15) is 16.7 Å². The minimum absolute atomic E-state index is 0.0183. The summed E-state index contributed by atoms with van der Waals surface area (Å²) in [4.78, 5) is 7.54. The number of aromatic nitrogens is 2. The fraction of sp³-hybridized carbons (Fsp3) is 0.0833. The molecule has 0 radical (unpaired) electrons. The molecular formula is C12H11N5O2S. The summed E-state index contributed by atoms with van der Waals surface area (Å²) in [5, 5.41) is 8.66. The largest absolute Gasteiger partial charge is 0.396 e. The van der Waals surface area contributed by atoms with E-state index in [1.165, 1.54) is 37.6 Å². The summed E-state index contributed by atoms with van der Waals surface area (Å²) >= 11 is 0. The molecule has 0 aliphatic heterocycles. The summed E-state index contributed by atoms with van der Waals surface area (Å²) in [5.41, 5.74) is 6.44. The van der Waals surface area contributed by atoms with Crippen molar-refractivity contribution < 1.29 is 8.42 Å². The molecule has 8 heteroatoms. The second-order valence-electron chi connectivity index (χ2n) is 3.90. The zero-order chi connectivity index (χ0) is 14.8. The number of rotatable bonds is 3. The summed E-state index contributed by atoms with van der Waals surface area (Å²) in [5.74, 6) is 0. The van der Waals surface area contributed by atoms with Crippen LogP contribution in [-0.4, -0.2) is 25.4 Å². The fourth-order valence-electron chi connectivity index (χ4n) is 1.57. The maximum Gasteiger partial charge on any atom is 0.265 e. The van der Waals surface area contributed by atoms with E-state index in [2.05, 4.69) is 9.97 Å². The van der Waals surface area contributed by atoms with E-state index < -0.39 is 10.0 Å². The van der Waals surface area contributed by atoms with Crippen molar-refractivity contribution in [3.05, 3.63) is 42.5 Å². The van der Waals surface area contributed by atoms with Crippen molar-refractivity contribution in [2.24, 2.45) is 0 Å². The number of nitrogens with two attached hydrogens (primary N) is 1. The molecule has 0 fully saturated rings. The number of nitrogen functional groups attached to an aromatic ring is 1. The molecule has 0 saturated heterocycles. The minimum atomic E-state index is -3.79. The van der Waals surface area contributed by atoms with Crippen LogP contribution in [0.3, 0.4) is 0 Å². The number of anilines is 2. The van der Waals surface area contributed by atoms with E-state index >= 15 is 0 Å². The van der Waals surface area contributed by atoms with Crippen LogP contribution in [0.15, 0.2) is 41.7 Å². The maximum atomic E-state index is 12.4. The Labute approximate surface area is 116 Å². The standard InChI is InChI=1S/C12H11N5O2S/c1-17(12-4-5-15-8-11(12)14)20(18,19)10-3-2-9(6-13)16-7-10/h2-5,7-8H,14H2,1H3. The van der Waals surface area contributed by atoms with Crippen molar-refractivity contribution in [2.75, 3.05) is 17.1 Å². The quantitative estimate of drug-likeness (QED) is 0.892. The van der Waals surface area contributed by atoms with Crippen LogP contribution >= 0.6 is 0 Å². The Balaban J connectivity index is 2.44. The summed E-state index contributed by atoms with van der Waals surface area (Å²) in [7, 11) is -2.40. The number of sulfonamides is 1. The summed E-state index contributed by atoms with van der Waals surface area (Å²) in [6, 6.07) is 6.00. The molecule has 0 saturated carbocycles. The van der Waals surface area contributed by atoms with Crippen LogP contribution in [0.4, 0.5) is 11.4 Å². The van der Waals surface area contributed by atoms with Crippen LogP contribution in [0.2, 0.25) is 0 Å². The molecule has 0 atom stereocenters. The first-order valence-corrected chi connectivity index (χ1v) is 6.95. The van der Waals surface area contributed by atoms with Gasteiger partial charge in [-0.25, -0.2) is 13.4 Å². The van der Waals surface area contributed by atoms with E-state index in [1.807, 2.05) is 6.07 Å². The highest BCUT2D eigenvalue weighted by molar-refractivity contribution is 7.92. The van der Waals surface area contributed by atoms with Crippen molar-refractivity contribution in [1.29, 1.82) is 5.26 Å². The molecule has 7 nitrogen and oxygen atoms in total. The van der Waals surface area contributed by atoms with Gasteiger partial charge in [-0.1, -0.05) is 0 Å². The lowest BCUT2D eigenvalue weighted by Crippen LogP contribution is -2.27. The topological polar surface area (TPSA) is 113 Å². The van der Waals surface area contributed by atoms with Crippen molar-refractivity contribution in [1.82, 2.24) is 9.97 Å². The third-order valence-corrected chi connectivity index (χ3v) is 4.43. The molecule has 0 aliphatic carbocycles. The summed E-state index contributed by atoms with van der Waals surface area (Å²) in [6.07, 6.45) is 3.97. The number of nitriles is 1. The monoisotopic (exact) mass is 289 g/mol. The van der Waals surface area contributed by atoms with Crippen LogP contribution in [0, 0.1) is 11.3 Å². The van der Waals surface area contributed by atoms with E-state index in [9.17, 15) is 8.42 Å². The van der Waals surface area contributed by atoms with Crippen molar-refractivity contribution >= 4 is 21.4 Å². The summed E-state index contributed by atoms with van der Waals surface area (Å²) < 4.78 is 25.9. The van der Waals surface area contributed by atoms with Gasteiger partial charge in [-0.05, 0) is 18.2 Å². The van der Waals surface area contributed by atoms with E-state index in [0.29, 0.717) is 5.69 Å². The van der Waals surface area contributed by atoms with Gasteiger partial charge in [0, 0.05) is 19.4 Å². The lowest BCUT2D eigenvalue weighted by Gasteiger charge is -2.20. The van der Waals surface area contributed by atoms with Crippen molar-refractivity contribution in [2.45, 2.75) is 4.90 Å². The number of nitrogens with zero attached hydrogens (tertiary/aromatic N) is 4. The van der Waals surface area contributed by atoms with Crippen molar-refractivity contribution in [3.8, 4) is 6.07 Å². The predicted molar refractivity (Wildman–Crippen MR) is 73.2 cm³/mol. The predicted octanol–water partition coefficient (Wildman–Crippen LogP) is 0.756. The van der Waals surface area contributed by atoms with E-state index in [1.54, 1.807) is 0 Å². The molecule has 0 spiro atoms. The second kappa shape index (κ2) is 5.14. The minimum Gasteiger partial charge on any atom is -0.396 e. The van der Waals surface area contributed by atoms with Gasteiger partial charge in [0.2, 0.25) is 0 Å². The molecule has 0 unspecified atom stereocenters. The molecule has 2 aromatic rings. The Morgan fingerprint density at radius 3 is 2.60 bits per heavy atom. The Morgan fingerprint density at radius 1 is 1.30 bits per heavy atom. The van der Waals surface area contributed by atoms with Crippen molar-refractivity contribution in [3.63, 3.8) is 0 Å². The zero-order valence-corrected chi connectivity index (χ0v) is 11.4. The molecule has 0 bridgehead atoms. The highest BCUT2D eigenvalue weighted by atomic mass is 32.2. The molecule has 0 amide bonds. The molecule has 2 heterocycles. The van der Waals surface area contributed by atoms with Crippen LogP contribution in [0.1, 0.15) is 5.69 Å². The van der Waals surface area contributed by atoms with Gasteiger partial charge in [0.05, 0.1) is 17.6 Å². The van der Waals surface area contributed by atoms with Gasteiger partial charge in [-0.15, -0.1) is 0 Å². The summed E-state index contributed by atoms with van der Waals surface area (Å²) in [6.45, 7) is 0. The third kappa shape index (κ3) is 2.39. The first kappa shape index (κ1) is 13.8. The molecular weight excluding hydrogens is 278 g/mol.